The highest BCUT2D eigenvalue weighted by Crippen LogP contribution is 2.14. The Morgan fingerprint density at radius 1 is 0.647 bits per heavy atom. The summed E-state index contributed by atoms with van der Waals surface area (Å²) in [5.74, 6) is -9.39. The summed E-state index contributed by atoms with van der Waals surface area (Å²) in [5.41, 5.74) is 0. The molecule has 0 saturated heterocycles. The minimum absolute atomic E-state index is 0.105. The second-order valence-electron chi connectivity index (χ2n) is 3.39. The van der Waals surface area contributed by atoms with Gasteiger partial charge in [0.15, 0.2) is 11.8 Å². The molecule has 0 rings (SSSR count). The van der Waals surface area contributed by atoms with E-state index in [0.29, 0.717) is 0 Å². The molecule has 0 amide bonds. The summed E-state index contributed by atoms with van der Waals surface area (Å²) in [4.78, 5) is 41.9. The molecule has 0 saturated carbocycles. The van der Waals surface area contributed by atoms with E-state index in [2.05, 4.69) is 0 Å². The Labute approximate surface area is 95.5 Å². The van der Waals surface area contributed by atoms with Crippen LogP contribution in [-0.2, 0) is 19.2 Å². The van der Waals surface area contributed by atoms with Crippen LogP contribution < -0.4 is 0 Å². The maximum absolute atomic E-state index is 10.5. The van der Waals surface area contributed by atoms with Crippen molar-refractivity contribution in [2.24, 2.45) is 11.8 Å². The first-order valence-electron chi connectivity index (χ1n) is 4.68. The van der Waals surface area contributed by atoms with Crippen molar-refractivity contribution in [3.05, 3.63) is 0 Å². The topological polar surface area (TPSA) is 149 Å². The van der Waals surface area contributed by atoms with Gasteiger partial charge in [0.05, 0.1) is 0 Å². The highest BCUT2D eigenvalue weighted by Gasteiger charge is 2.29. The van der Waals surface area contributed by atoms with Crippen LogP contribution in [0.3, 0.4) is 0 Å². The van der Waals surface area contributed by atoms with Crippen LogP contribution in [0.4, 0.5) is 0 Å². The number of rotatable bonds is 8. The van der Waals surface area contributed by atoms with Crippen molar-refractivity contribution in [2.45, 2.75) is 19.3 Å². The van der Waals surface area contributed by atoms with Crippen LogP contribution >= 0.6 is 0 Å². The Balaban J connectivity index is 4.29. The average Bonchev–Trinajstić information content (AvgIpc) is 2.14. The first kappa shape index (κ1) is 14.9. The predicted molar refractivity (Wildman–Crippen MR) is 51.4 cm³/mol. The summed E-state index contributed by atoms with van der Waals surface area (Å²) in [5, 5.41) is 34.1. The maximum Gasteiger partial charge on any atom is 0.317 e. The molecule has 0 aliphatic carbocycles. The van der Waals surface area contributed by atoms with Crippen LogP contribution in [0.1, 0.15) is 19.3 Å². The van der Waals surface area contributed by atoms with E-state index in [-0.39, 0.29) is 19.3 Å². The molecule has 0 aromatic heterocycles. The fourth-order valence-electron chi connectivity index (χ4n) is 1.23. The Morgan fingerprint density at radius 3 is 1.06 bits per heavy atom. The molecule has 0 spiro atoms. The lowest BCUT2D eigenvalue weighted by atomic mass is 9.97. The largest absolute Gasteiger partial charge is 0.481 e. The van der Waals surface area contributed by atoms with Crippen LogP contribution in [0.15, 0.2) is 0 Å². The average molecular weight is 248 g/mol. The monoisotopic (exact) mass is 248 g/mol. The van der Waals surface area contributed by atoms with E-state index in [9.17, 15) is 19.2 Å². The minimum Gasteiger partial charge on any atom is -0.481 e. The van der Waals surface area contributed by atoms with Crippen LogP contribution in [0.5, 0.6) is 0 Å². The van der Waals surface area contributed by atoms with Gasteiger partial charge in [0.2, 0.25) is 0 Å². The third-order valence-electron chi connectivity index (χ3n) is 2.18. The van der Waals surface area contributed by atoms with E-state index >= 15 is 0 Å². The normalized spacial score (nSPS) is 10.5. The number of hydrogen-bond donors (Lipinski definition) is 4. The molecule has 0 fully saturated rings. The van der Waals surface area contributed by atoms with Gasteiger partial charge in [0.25, 0.3) is 0 Å². The number of hydrogen-bond acceptors (Lipinski definition) is 4. The highest BCUT2D eigenvalue weighted by atomic mass is 16.4. The van der Waals surface area contributed by atoms with Gasteiger partial charge in [-0.15, -0.1) is 0 Å². The molecule has 0 heterocycles. The van der Waals surface area contributed by atoms with Crippen molar-refractivity contribution in [2.75, 3.05) is 0 Å². The molecular formula is C9H12O8. The fraction of sp³-hybridized carbons (Fsp3) is 0.556. The Morgan fingerprint density at radius 2 is 0.882 bits per heavy atom. The summed E-state index contributed by atoms with van der Waals surface area (Å²) in [7, 11) is 0. The van der Waals surface area contributed by atoms with E-state index in [1.807, 2.05) is 0 Å². The Hall–Kier alpha value is -2.12. The second kappa shape index (κ2) is 6.46. The summed E-state index contributed by atoms with van der Waals surface area (Å²) < 4.78 is 0. The molecular weight excluding hydrogens is 236 g/mol. The molecule has 0 aromatic rings. The van der Waals surface area contributed by atoms with E-state index < -0.39 is 35.7 Å². The van der Waals surface area contributed by atoms with Gasteiger partial charge in [-0.1, -0.05) is 6.42 Å². The van der Waals surface area contributed by atoms with Gasteiger partial charge in [-0.2, -0.15) is 0 Å². The highest BCUT2D eigenvalue weighted by molar-refractivity contribution is 5.93. The smallest absolute Gasteiger partial charge is 0.317 e. The summed E-state index contributed by atoms with van der Waals surface area (Å²) in [6.45, 7) is 0. The zero-order valence-corrected chi connectivity index (χ0v) is 8.70. The van der Waals surface area contributed by atoms with Gasteiger partial charge in [-0.3, -0.25) is 19.2 Å². The minimum atomic E-state index is -1.64. The number of carboxylic acid groups (broad SMARTS) is 4. The van der Waals surface area contributed by atoms with Gasteiger partial charge in [0.1, 0.15) is 0 Å². The Kier molecular flexibility index (Phi) is 5.65. The zero-order chi connectivity index (χ0) is 13.6. The zero-order valence-electron chi connectivity index (χ0n) is 8.70. The van der Waals surface area contributed by atoms with Crippen LogP contribution in [0, 0.1) is 11.8 Å². The number of carbonyl (C=O) groups is 4. The van der Waals surface area contributed by atoms with Crippen molar-refractivity contribution in [1.29, 1.82) is 0 Å². The molecule has 0 aliphatic heterocycles. The van der Waals surface area contributed by atoms with Crippen LogP contribution in [-0.4, -0.2) is 44.3 Å². The Bertz CT molecular complexity index is 274. The maximum atomic E-state index is 10.5. The fourth-order valence-corrected chi connectivity index (χ4v) is 1.23. The lowest BCUT2D eigenvalue weighted by Crippen LogP contribution is -2.26. The molecule has 17 heavy (non-hydrogen) atoms. The first-order chi connectivity index (χ1) is 7.77. The third-order valence-corrected chi connectivity index (χ3v) is 2.18. The summed E-state index contributed by atoms with van der Waals surface area (Å²) in [6, 6.07) is 0. The van der Waals surface area contributed by atoms with E-state index in [0.717, 1.165) is 0 Å². The van der Waals surface area contributed by atoms with E-state index in [4.69, 9.17) is 20.4 Å². The van der Waals surface area contributed by atoms with Crippen molar-refractivity contribution in [3.63, 3.8) is 0 Å². The van der Waals surface area contributed by atoms with Crippen molar-refractivity contribution >= 4 is 23.9 Å². The van der Waals surface area contributed by atoms with E-state index in [1.54, 1.807) is 0 Å². The van der Waals surface area contributed by atoms with Gasteiger partial charge in [0, 0.05) is 0 Å². The van der Waals surface area contributed by atoms with Crippen molar-refractivity contribution in [3.8, 4) is 0 Å². The molecule has 4 N–H and O–H groups in total. The quantitative estimate of drug-likeness (QED) is 0.428. The number of aliphatic carboxylic acids is 4. The van der Waals surface area contributed by atoms with Gasteiger partial charge >= 0.3 is 23.9 Å². The van der Waals surface area contributed by atoms with Gasteiger partial charge in [-0.05, 0) is 12.8 Å². The molecule has 96 valence electrons. The molecule has 0 aliphatic rings. The van der Waals surface area contributed by atoms with Gasteiger partial charge in [-0.25, -0.2) is 0 Å². The lowest BCUT2D eigenvalue weighted by molar-refractivity contribution is -0.155. The molecule has 0 aromatic carbocycles. The number of carboxylic acids is 4. The van der Waals surface area contributed by atoms with Crippen LogP contribution in [0.2, 0.25) is 0 Å². The molecule has 0 unspecified atom stereocenters. The second-order valence-corrected chi connectivity index (χ2v) is 3.39. The molecule has 0 atom stereocenters. The van der Waals surface area contributed by atoms with Crippen molar-refractivity contribution in [1.82, 2.24) is 0 Å². The SMILES string of the molecule is O=C(O)C(CCCC(C(=O)O)C(=O)O)C(=O)O. The van der Waals surface area contributed by atoms with E-state index in [1.165, 1.54) is 0 Å². The molecule has 8 heteroatoms. The first-order valence-corrected chi connectivity index (χ1v) is 4.68. The molecule has 0 radical (unpaired) electrons. The molecule has 8 nitrogen and oxygen atoms in total. The lowest BCUT2D eigenvalue weighted by Gasteiger charge is -2.09. The summed E-state index contributed by atoms with van der Waals surface area (Å²) in [6.07, 6.45) is -0.712. The summed E-state index contributed by atoms with van der Waals surface area (Å²) >= 11 is 0. The standard InChI is InChI=1S/C9H12O8/c10-6(11)4(7(12)13)2-1-3-5(8(14)15)9(16)17/h4-5H,1-3H2,(H,10,11)(H,12,13)(H,14,15)(H,16,17). The van der Waals surface area contributed by atoms with Gasteiger partial charge < -0.3 is 20.4 Å². The molecule has 0 bridgehead atoms. The third kappa shape index (κ3) is 4.96. The predicted octanol–water partition coefficient (Wildman–Crippen LogP) is -0.272. The van der Waals surface area contributed by atoms with Crippen molar-refractivity contribution < 1.29 is 39.6 Å². The van der Waals surface area contributed by atoms with Crippen LogP contribution in [0.25, 0.3) is 0 Å².